The molecule has 0 aliphatic carbocycles. The maximum atomic E-state index is 13.2. The lowest BCUT2D eigenvalue weighted by Gasteiger charge is -2.32. The number of nitrogens with zero attached hydrogens (tertiary/aromatic N) is 2. The number of furan rings is 1. The van der Waals surface area contributed by atoms with E-state index in [0.29, 0.717) is 17.7 Å². The molecule has 30 heavy (non-hydrogen) atoms. The van der Waals surface area contributed by atoms with Gasteiger partial charge in [-0.05, 0) is 56.7 Å². The van der Waals surface area contributed by atoms with Gasteiger partial charge in [-0.25, -0.2) is 9.69 Å². The lowest BCUT2D eigenvalue weighted by atomic mass is 10.1. The first-order valence-corrected chi connectivity index (χ1v) is 9.89. The van der Waals surface area contributed by atoms with Crippen molar-refractivity contribution in [2.75, 3.05) is 11.5 Å². The summed E-state index contributed by atoms with van der Waals surface area (Å²) in [5, 5.41) is 0. The topological polar surface area (TPSA) is 97.1 Å². The molecule has 2 unspecified atom stereocenters. The molecule has 3 amide bonds. The van der Waals surface area contributed by atoms with Crippen molar-refractivity contribution >= 4 is 29.4 Å². The average molecular weight is 412 g/mol. The van der Waals surface area contributed by atoms with E-state index in [9.17, 15) is 19.2 Å². The molecule has 1 aliphatic heterocycles. The molecule has 1 aromatic heterocycles. The first kappa shape index (κ1) is 21.3. The lowest BCUT2D eigenvalue weighted by Crippen LogP contribution is -2.49. The number of carbonyl (C=O) groups is 4. The summed E-state index contributed by atoms with van der Waals surface area (Å²) < 4.78 is 10.2. The minimum Gasteiger partial charge on any atom is -0.462 e. The van der Waals surface area contributed by atoms with Crippen LogP contribution < -0.4 is 4.90 Å². The summed E-state index contributed by atoms with van der Waals surface area (Å²) in [6, 6.07) is 7.98. The first-order chi connectivity index (χ1) is 14.4. The van der Waals surface area contributed by atoms with Gasteiger partial charge < -0.3 is 14.1 Å². The van der Waals surface area contributed by atoms with Crippen molar-refractivity contribution in [2.24, 2.45) is 0 Å². The SMILES string of the molecule is CCOC(=O)c1ccc(N2C(=O)CC(N(C(=O)c3ccco3)C(C)CC)C2=O)cc1. The van der Waals surface area contributed by atoms with Crippen molar-refractivity contribution in [1.82, 2.24) is 4.90 Å². The van der Waals surface area contributed by atoms with Crippen molar-refractivity contribution in [3.8, 4) is 0 Å². The van der Waals surface area contributed by atoms with Gasteiger partial charge in [-0.1, -0.05) is 6.92 Å². The van der Waals surface area contributed by atoms with Crippen LogP contribution in [0.3, 0.4) is 0 Å². The van der Waals surface area contributed by atoms with Crippen LogP contribution in [-0.4, -0.2) is 47.3 Å². The van der Waals surface area contributed by atoms with Gasteiger partial charge in [0.25, 0.3) is 11.8 Å². The lowest BCUT2D eigenvalue weighted by molar-refractivity contribution is -0.123. The number of hydrogen-bond acceptors (Lipinski definition) is 6. The summed E-state index contributed by atoms with van der Waals surface area (Å²) in [6.07, 6.45) is 1.88. The molecule has 0 N–H and O–H groups in total. The van der Waals surface area contributed by atoms with E-state index in [0.717, 1.165) is 4.90 Å². The fourth-order valence-corrected chi connectivity index (χ4v) is 3.44. The molecular formula is C22H24N2O6. The third kappa shape index (κ3) is 3.98. The highest BCUT2D eigenvalue weighted by atomic mass is 16.5. The van der Waals surface area contributed by atoms with Gasteiger partial charge in [-0.2, -0.15) is 0 Å². The van der Waals surface area contributed by atoms with Crippen LogP contribution in [0.15, 0.2) is 47.1 Å². The first-order valence-electron chi connectivity index (χ1n) is 9.89. The van der Waals surface area contributed by atoms with Crippen molar-refractivity contribution in [3.05, 3.63) is 54.0 Å². The van der Waals surface area contributed by atoms with Crippen LogP contribution in [-0.2, 0) is 14.3 Å². The maximum absolute atomic E-state index is 13.2. The summed E-state index contributed by atoms with van der Waals surface area (Å²) in [4.78, 5) is 53.1. The number of anilines is 1. The normalized spacial score (nSPS) is 17.2. The van der Waals surface area contributed by atoms with Gasteiger partial charge in [0, 0.05) is 6.04 Å². The minimum absolute atomic E-state index is 0.116. The molecule has 0 bridgehead atoms. The zero-order valence-electron chi connectivity index (χ0n) is 17.2. The van der Waals surface area contributed by atoms with Crippen LogP contribution in [0.5, 0.6) is 0 Å². The molecule has 1 aromatic carbocycles. The molecule has 0 saturated carbocycles. The second-order valence-electron chi connectivity index (χ2n) is 7.00. The Morgan fingerprint density at radius 3 is 2.47 bits per heavy atom. The van der Waals surface area contributed by atoms with E-state index in [4.69, 9.17) is 9.15 Å². The van der Waals surface area contributed by atoms with Gasteiger partial charge in [-0.3, -0.25) is 14.4 Å². The van der Waals surface area contributed by atoms with E-state index < -0.39 is 29.7 Å². The molecule has 3 rings (SSSR count). The van der Waals surface area contributed by atoms with Gasteiger partial charge in [0.1, 0.15) is 6.04 Å². The van der Waals surface area contributed by atoms with Crippen LogP contribution >= 0.6 is 0 Å². The van der Waals surface area contributed by atoms with Gasteiger partial charge in [-0.15, -0.1) is 0 Å². The Balaban J connectivity index is 1.87. The Hall–Kier alpha value is -3.42. The fraction of sp³-hybridized carbons (Fsp3) is 0.364. The number of amides is 3. The monoisotopic (exact) mass is 412 g/mol. The van der Waals surface area contributed by atoms with Crippen molar-refractivity contribution < 1.29 is 28.3 Å². The molecular weight excluding hydrogens is 388 g/mol. The Bertz CT molecular complexity index is 935. The molecule has 1 saturated heterocycles. The zero-order valence-corrected chi connectivity index (χ0v) is 17.2. The molecule has 2 aromatic rings. The van der Waals surface area contributed by atoms with Crippen molar-refractivity contribution in [2.45, 2.75) is 45.7 Å². The van der Waals surface area contributed by atoms with Gasteiger partial charge in [0.2, 0.25) is 5.91 Å². The molecule has 2 heterocycles. The molecule has 1 aliphatic rings. The van der Waals surface area contributed by atoms with Crippen LogP contribution in [0.1, 0.15) is 54.5 Å². The quantitative estimate of drug-likeness (QED) is 0.512. The Morgan fingerprint density at radius 1 is 1.20 bits per heavy atom. The molecule has 1 fully saturated rings. The zero-order chi connectivity index (χ0) is 21.8. The summed E-state index contributed by atoms with van der Waals surface area (Å²) in [5.74, 6) is -1.68. The number of esters is 1. The Labute approximate surface area is 174 Å². The minimum atomic E-state index is -0.921. The van der Waals surface area contributed by atoms with Gasteiger partial charge in [0.05, 0.1) is 30.5 Å². The number of hydrogen-bond donors (Lipinski definition) is 0. The van der Waals surface area contributed by atoms with Crippen molar-refractivity contribution in [3.63, 3.8) is 0 Å². The van der Waals surface area contributed by atoms with E-state index >= 15 is 0 Å². The van der Waals surface area contributed by atoms with E-state index in [2.05, 4.69) is 0 Å². The van der Waals surface area contributed by atoms with E-state index in [1.54, 1.807) is 13.0 Å². The highest BCUT2D eigenvalue weighted by Crippen LogP contribution is 2.29. The third-order valence-electron chi connectivity index (χ3n) is 5.13. The van der Waals surface area contributed by atoms with Crippen LogP contribution in [0, 0.1) is 0 Å². The van der Waals surface area contributed by atoms with E-state index in [-0.39, 0.29) is 24.8 Å². The third-order valence-corrected chi connectivity index (χ3v) is 5.13. The highest BCUT2D eigenvalue weighted by Gasteiger charge is 2.46. The molecule has 0 radical (unpaired) electrons. The largest absolute Gasteiger partial charge is 0.462 e. The van der Waals surface area contributed by atoms with Crippen LogP contribution in [0.4, 0.5) is 5.69 Å². The Kier molecular flexibility index (Phi) is 6.34. The predicted molar refractivity (Wildman–Crippen MR) is 108 cm³/mol. The van der Waals surface area contributed by atoms with E-state index in [1.807, 2.05) is 13.8 Å². The van der Waals surface area contributed by atoms with Gasteiger partial charge in [0.15, 0.2) is 5.76 Å². The summed E-state index contributed by atoms with van der Waals surface area (Å²) in [7, 11) is 0. The second kappa shape index (κ2) is 8.94. The van der Waals surface area contributed by atoms with Gasteiger partial charge >= 0.3 is 5.97 Å². The molecule has 8 heteroatoms. The summed E-state index contributed by atoms with van der Waals surface area (Å²) in [5.41, 5.74) is 0.667. The number of rotatable bonds is 7. The van der Waals surface area contributed by atoms with E-state index in [1.165, 1.54) is 41.5 Å². The average Bonchev–Trinajstić information content (AvgIpc) is 3.37. The molecule has 8 nitrogen and oxygen atoms in total. The smallest absolute Gasteiger partial charge is 0.338 e. The molecule has 0 spiro atoms. The number of ether oxygens (including phenoxy) is 1. The number of imide groups is 1. The van der Waals surface area contributed by atoms with Crippen molar-refractivity contribution in [1.29, 1.82) is 0 Å². The Morgan fingerprint density at radius 2 is 1.90 bits per heavy atom. The van der Waals surface area contributed by atoms with Crippen LogP contribution in [0.2, 0.25) is 0 Å². The summed E-state index contributed by atoms with van der Waals surface area (Å²) in [6.45, 7) is 5.69. The predicted octanol–water partition coefficient (Wildman–Crippen LogP) is 3.03. The van der Waals surface area contributed by atoms with Crippen LogP contribution in [0.25, 0.3) is 0 Å². The standard InChI is InChI=1S/C22H24N2O6/c1-4-14(3)23(21(27)18-7-6-12-30-18)17-13-19(25)24(20(17)26)16-10-8-15(9-11-16)22(28)29-5-2/h6-12,14,17H,4-5,13H2,1-3H3. The highest BCUT2D eigenvalue weighted by molar-refractivity contribution is 6.23. The maximum Gasteiger partial charge on any atom is 0.338 e. The summed E-state index contributed by atoms with van der Waals surface area (Å²) >= 11 is 0. The fourth-order valence-electron chi connectivity index (χ4n) is 3.44. The molecule has 158 valence electrons. The number of carbonyl (C=O) groups excluding carboxylic acids is 4. The number of benzene rings is 1. The second-order valence-corrected chi connectivity index (χ2v) is 7.00. The molecule has 2 atom stereocenters.